The van der Waals surface area contributed by atoms with Crippen molar-refractivity contribution in [2.75, 3.05) is 0 Å². The van der Waals surface area contributed by atoms with Crippen LogP contribution in [0.1, 0.15) is 72.1 Å². The molecule has 0 bridgehead atoms. The van der Waals surface area contributed by atoms with Gasteiger partial charge in [-0.15, -0.1) is 5.43 Å². The Labute approximate surface area is 167 Å². The first-order valence-corrected chi connectivity index (χ1v) is 9.36. The average Bonchev–Trinajstić information content (AvgIpc) is 2.79. The molecule has 154 valence electrons. The number of hydrazine groups is 1. The van der Waals surface area contributed by atoms with Crippen LogP contribution in [0.3, 0.4) is 0 Å². The van der Waals surface area contributed by atoms with Crippen LogP contribution in [0.2, 0.25) is 0 Å². The number of nitrogens with two attached hydrogens (primary N) is 1. The van der Waals surface area contributed by atoms with Crippen LogP contribution in [-0.4, -0.2) is 29.1 Å². The lowest BCUT2D eigenvalue weighted by molar-refractivity contribution is -0.671. The minimum Gasteiger partial charge on any atom is -0.429 e. The molecular weight excluding hydrogens is 356 g/mol. The highest BCUT2D eigenvalue weighted by Crippen LogP contribution is 2.50. The number of ether oxygens (including phenoxy) is 2. The number of carbonyl (C=O) groups excluding carboxylic acids is 1. The van der Waals surface area contributed by atoms with Crippen molar-refractivity contribution in [1.82, 2.24) is 5.43 Å². The summed E-state index contributed by atoms with van der Waals surface area (Å²) in [5.41, 5.74) is 9.58. The second-order valence-corrected chi connectivity index (χ2v) is 9.61. The summed E-state index contributed by atoms with van der Waals surface area (Å²) in [5, 5.41) is 7.48. The van der Waals surface area contributed by atoms with Gasteiger partial charge >= 0.3 is 11.7 Å². The summed E-state index contributed by atoms with van der Waals surface area (Å²) in [6.45, 7) is 19.7. The molecule has 0 saturated heterocycles. The Kier molecular flexibility index (Phi) is 5.27. The maximum absolute atomic E-state index is 11.9. The molecule has 1 atom stereocenters. The third-order valence-corrected chi connectivity index (χ3v) is 4.81. The van der Waals surface area contributed by atoms with Crippen LogP contribution in [0.5, 0.6) is 11.5 Å². The second kappa shape index (κ2) is 6.79. The number of nitrogens with zero attached hydrogens (tertiary/aromatic N) is 1. The van der Waals surface area contributed by atoms with Crippen LogP contribution in [0.15, 0.2) is 6.07 Å². The van der Waals surface area contributed by atoms with Gasteiger partial charge < -0.3 is 15.2 Å². The molecule has 0 spiro atoms. The maximum atomic E-state index is 11.9. The smallest absolute Gasteiger partial charge is 0.334 e. The summed E-state index contributed by atoms with van der Waals surface area (Å²) in [4.78, 5) is 11.9. The summed E-state index contributed by atoms with van der Waals surface area (Å²) in [7, 11) is 0. The molecule has 0 saturated carbocycles. The van der Waals surface area contributed by atoms with Gasteiger partial charge in [0.1, 0.15) is 11.5 Å². The fourth-order valence-corrected chi connectivity index (χ4v) is 3.56. The van der Waals surface area contributed by atoms with Gasteiger partial charge in [0.25, 0.3) is 0 Å². The molecule has 0 aliphatic carbocycles. The van der Waals surface area contributed by atoms with E-state index in [2.05, 4.69) is 53.7 Å². The van der Waals surface area contributed by atoms with Crippen molar-refractivity contribution >= 4 is 18.6 Å². The SMILES string of the molecule is C=[N+](NC(=N)N)C1(C)Cc2c(cc(C(C)(C)C)c(OC(C)=O)c2C(C)(C)C)O1. The second-order valence-electron chi connectivity index (χ2n) is 9.61. The molecule has 1 aliphatic heterocycles. The van der Waals surface area contributed by atoms with Crippen molar-refractivity contribution in [3.05, 3.63) is 22.8 Å². The van der Waals surface area contributed by atoms with E-state index < -0.39 is 5.72 Å². The van der Waals surface area contributed by atoms with Gasteiger partial charge in [-0.2, -0.15) is 0 Å². The zero-order valence-corrected chi connectivity index (χ0v) is 18.2. The summed E-state index contributed by atoms with van der Waals surface area (Å²) in [6, 6.07) is 1.95. The molecule has 0 aromatic heterocycles. The van der Waals surface area contributed by atoms with E-state index in [1.54, 1.807) is 0 Å². The van der Waals surface area contributed by atoms with E-state index in [9.17, 15) is 4.79 Å². The van der Waals surface area contributed by atoms with Crippen LogP contribution in [0, 0.1) is 5.41 Å². The number of carbonyl (C=O) groups is 1. The molecule has 0 radical (unpaired) electrons. The zero-order chi connectivity index (χ0) is 21.7. The van der Waals surface area contributed by atoms with Crippen molar-refractivity contribution in [3.63, 3.8) is 0 Å². The molecule has 7 heteroatoms. The van der Waals surface area contributed by atoms with Gasteiger partial charge in [-0.3, -0.25) is 10.2 Å². The van der Waals surface area contributed by atoms with E-state index in [0.717, 1.165) is 22.4 Å². The fourth-order valence-electron chi connectivity index (χ4n) is 3.56. The molecule has 0 fully saturated rings. The van der Waals surface area contributed by atoms with E-state index in [-0.39, 0.29) is 22.8 Å². The molecule has 1 unspecified atom stereocenters. The minimum atomic E-state index is -0.849. The molecule has 4 N–H and O–H groups in total. The van der Waals surface area contributed by atoms with Crippen LogP contribution >= 0.6 is 0 Å². The Hall–Kier alpha value is -2.57. The van der Waals surface area contributed by atoms with Gasteiger partial charge in [0, 0.05) is 30.5 Å². The molecule has 1 aromatic carbocycles. The first-order chi connectivity index (χ1) is 12.6. The highest BCUT2D eigenvalue weighted by molar-refractivity contribution is 5.73. The topological polar surface area (TPSA) is 100 Å². The molecule has 1 aliphatic rings. The van der Waals surface area contributed by atoms with E-state index in [4.69, 9.17) is 20.6 Å². The lowest BCUT2D eigenvalue weighted by Gasteiger charge is -2.30. The minimum absolute atomic E-state index is 0.220. The van der Waals surface area contributed by atoms with Crippen molar-refractivity contribution in [2.24, 2.45) is 5.73 Å². The third-order valence-electron chi connectivity index (χ3n) is 4.81. The van der Waals surface area contributed by atoms with Gasteiger partial charge in [0.2, 0.25) is 5.96 Å². The summed E-state index contributed by atoms with van der Waals surface area (Å²) in [6.07, 6.45) is 0.497. The summed E-state index contributed by atoms with van der Waals surface area (Å²) < 4.78 is 13.5. The Balaban J connectivity index is 2.75. The Morgan fingerprint density at radius 3 is 2.32 bits per heavy atom. The number of fused-ring (bicyclic) bond motifs is 1. The summed E-state index contributed by atoms with van der Waals surface area (Å²) in [5.74, 6) is 0.763. The highest BCUT2D eigenvalue weighted by atomic mass is 16.5. The molecule has 1 aromatic rings. The van der Waals surface area contributed by atoms with E-state index in [1.165, 1.54) is 11.6 Å². The molecule has 2 rings (SSSR count). The van der Waals surface area contributed by atoms with Gasteiger partial charge in [-0.1, -0.05) is 46.2 Å². The standard InChI is InChI=1S/C21H33N4O3/c1-12(26)27-17-14(19(2,3)4)10-15-13(16(17)20(5,6)7)11-21(8,28-15)25(9)24-18(22)23/h10H,9,11H2,1-8H3,(H4,22,23,24)/q+1. The van der Waals surface area contributed by atoms with Gasteiger partial charge in [0.05, 0.1) is 6.42 Å². The van der Waals surface area contributed by atoms with E-state index >= 15 is 0 Å². The molecule has 28 heavy (non-hydrogen) atoms. The lowest BCUT2D eigenvalue weighted by atomic mass is 9.76. The first kappa shape index (κ1) is 21.7. The van der Waals surface area contributed by atoms with Crippen molar-refractivity contribution in [1.29, 1.82) is 5.41 Å². The Morgan fingerprint density at radius 1 is 1.32 bits per heavy atom. The molecule has 0 amide bonds. The third kappa shape index (κ3) is 4.13. The van der Waals surface area contributed by atoms with Gasteiger partial charge in [-0.05, 0) is 16.9 Å². The zero-order valence-electron chi connectivity index (χ0n) is 18.2. The predicted molar refractivity (Wildman–Crippen MR) is 110 cm³/mol. The van der Waals surface area contributed by atoms with Crippen LogP contribution < -0.4 is 20.6 Å². The maximum Gasteiger partial charge on any atom is 0.334 e. The molecular formula is C21H33N4O3+. The van der Waals surface area contributed by atoms with Gasteiger partial charge in [-0.25, -0.2) is 0 Å². The van der Waals surface area contributed by atoms with Crippen LogP contribution in [0.4, 0.5) is 0 Å². The number of hydrogen-bond donors (Lipinski definition) is 3. The number of guanidine groups is 1. The van der Waals surface area contributed by atoms with Gasteiger partial charge in [0.15, 0.2) is 6.72 Å². The van der Waals surface area contributed by atoms with Crippen molar-refractivity contribution in [3.8, 4) is 11.5 Å². The number of esters is 1. The van der Waals surface area contributed by atoms with Crippen LogP contribution in [-0.2, 0) is 22.0 Å². The summed E-state index contributed by atoms with van der Waals surface area (Å²) >= 11 is 0. The monoisotopic (exact) mass is 389 g/mol. The highest BCUT2D eigenvalue weighted by Gasteiger charge is 2.49. The van der Waals surface area contributed by atoms with Crippen LogP contribution in [0.25, 0.3) is 0 Å². The number of hydrazone groups is 1. The molecule has 1 heterocycles. The largest absolute Gasteiger partial charge is 0.429 e. The quantitative estimate of drug-likeness (QED) is 0.184. The Bertz CT molecular complexity index is 847. The Morgan fingerprint density at radius 2 is 1.89 bits per heavy atom. The fraction of sp³-hybridized carbons (Fsp3) is 0.571. The van der Waals surface area contributed by atoms with Crippen molar-refractivity contribution < 1.29 is 19.0 Å². The first-order valence-electron chi connectivity index (χ1n) is 9.36. The predicted octanol–water partition coefficient (Wildman–Crippen LogP) is 2.97. The average molecular weight is 390 g/mol. The normalized spacial score (nSPS) is 18.9. The van der Waals surface area contributed by atoms with Crippen molar-refractivity contribution in [2.45, 2.75) is 78.4 Å². The number of benzene rings is 1. The van der Waals surface area contributed by atoms with E-state index in [1.807, 2.05) is 13.0 Å². The number of nitrogens with one attached hydrogen (secondary N) is 2. The number of rotatable bonds is 3. The van der Waals surface area contributed by atoms with E-state index in [0.29, 0.717) is 12.2 Å². The molecule has 7 nitrogen and oxygen atoms in total. The lowest BCUT2D eigenvalue weighted by Crippen LogP contribution is -2.53. The number of hydrogen-bond acceptors (Lipinski definition) is 4.